The van der Waals surface area contributed by atoms with Gasteiger partial charge in [0.1, 0.15) is 11.3 Å². The van der Waals surface area contributed by atoms with Crippen molar-refractivity contribution >= 4 is 22.5 Å². The summed E-state index contributed by atoms with van der Waals surface area (Å²) in [7, 11) is 0. The molecule has 0 bridgehead atoms. The standard InChI is InChI=1S/C22H16N2O2/c25-20-14-18(13-16-8-5-11-23-21(16)20)15-6-4-7-17(12-15)22(26)24-19-9-2-1-3-10-19/h1-14,25H,(H,24,26). The van der Waals surface area contributed by atoms with Gasteiger partial charge in [-0.05, 0) is 53.6 Å². The minimum absolute atomic E-state index is 0.122. The Kier molecular flexibility index (Phi) is 4.07. The molecule has 4 heteroatoms. The molecule has 0 unspecified atom stereocenters. The number of carbonyl (C=O) groups is 1. The van der Waals surface area contributed by atoms with Gasteiger partial charge in [-0.15, -0.1) is 0 Å². The number of phenolic OH excluding ortho intramolecular Hbond substituents is 1. The van der Waals surface area contributed by atoms with Crippen LogP contribution in [0, 0.1) is 0 Å². The van der Waals surface area contributed by atoms with Crippen LogP contribution in [-0.2, 0) is 0 Å². The summed E-state index contributed by atoms with van der Waals surface area (Å²) in [6.45, 7) is 0. The van der Waals surface area contributed by atoms with Crippen LogP contribution in [0.3, 0.4) is 0 Å². The number of amides is 1. The number of nitrogens with zero attached hydrogens (tertiary/aromatic N) is 1. The minimum atomic E-state index is -0.176. The first-order chi connectivity index (χ1) is 12.7. The Morgan fingerprint density at radius 1 is 0.846 bits per heavy atom. The number of para-hydroxylation sites is 1. The van der Waals surface area contributed by atoms with Crippen LogP contribution in [0.1, 0.15) is 10.4 Å². The molecule has 0 fully saturated rings. The van der Waals surface area contributed by atoms with Crippen molar-refractivity contribution in [2.45, 2.75) is 0 Å². The van der Waals surface area contributed by atoms with Gasteiger partial charge in [0, 0.05) is 22.8 Å². The molecule has 1 heterocycles. The molecule has 0 aliphatic carbocycles. The van der Waals surface area contributed by atoms with Crippen molar-refractivity contribution < 1.29 is 9.90 Å². The summed E-state index contributed by atoms with van der Waals surface area (Å²) in [5, 5.41) is 14.0. The number of hydrogen-bond donors (Lipinski definition) is 2. The Morgan fingerprint density at radius 2 is 1.69 bits per heavy atom. The maximum Gasteiger partial charge on any atom is 0.255 e. The lowest BCUT2D eigenvalue weighted by molar-refractivity contribution is 0.102. The maximum absolute atomic E-state index is 12.5. The van der Waals surface area contributed by atoms with E-state index in [-0.39, 0.29) is 11.7 Å². The number of fused-ring (bicyclic) bond motifs is 1. The van der Waals surface area contributed by atoms with Crippen molar-refractivity contribution in [3.05, 3.63) is 90.6 Å². The third kappa shape index (κ3) is 3.13. The zero-order valence-corrected chi connectivity index (χ0v) is 13.9. The second-order valence-corrected chi connectivity index (χ2v) is 5.97. The van der Waals surface area contributed by atoms with Crippen molar-refractivity contribution in [1.82, 2.24) is 4.98 Å². The quantitative estimate of drug-likeness (QED) is 0.560. The number of anilines is 1. The minimum Gasteiger partial charge on any atom is -0.506 e. The molecule has 0 saturated heterocycles. The van der Waals surface area contributed by atoms with Crippen molar-refractivity contribution in [3.63, 3.8) is 0 Å². The summed E-state index contributed by atoms with van der Waals surface area (Å²) in [6.07, 6.45) is 1.65. The largest absolute Gasteiger partial charge is 0.506 e. The van der Waals surface area contributed by atoms with Crippen molar-refractivity contribution in [1.29, 1.82) is 0 Å². The Bertz CT molecular complexity index is 1090. The van der Waals surface area contributed by atoms with Crippen LogP contribution in [0.4, 0.5) is 5.69 Å². The SMILES string of the molecule is O=C(Nc1ccccc1)c1cccc(-c2cc(O)c3ncccc3c2)c1. The average molecular weight is 340 g/mol. The van der Waals surface area contributed by atoms with Crippen LogP contribution in [-0.4, -0.2) is 16.0 Å². The second-order valence-electron chi connectivity index (χ2n) is 5.97. The molecule has 0 radical (unpaired) electrons. The van der Waals surface area contributed by atoms with Gasteiger partial charge in [0.2, 0.25) is 0 Å². The van der Waals surface area contributed by atoms with Crippen LogP contribution in [0.5, 0.6) is 5.75 Å². The Hall–Kier alpha value is -3.66. The highest BCUT2D eigenvalue weighted by molar-refractivity contribution is 6.05. The summed E-state index contributed by atoms with van der Waals surface area (Å²) >= 11 is 0. The van der Waals surface area contributed by atoms with Gasteiger partial charge in [0.05, 0.1) is 0 Å². The second kappa shape index (κ2) is 6.69. The lowest BCUT2D eigenvalue weighted by Crippen LogP contribution is -2.11. The molecule has 1 amide bonds. The van der Waals surface area contributed by atoms with Gasteiger partial charge in [0.15, 0.2) is 0 Å². The molecule has 0 spiro atoms. The maximum atomic E-state index is 12.5. The third-order valence-corrected chi connectivity index (χ3v) is 4.17. The van der Waals surface area contributed by atoms with E-state index in [0.29, 0.717) is 11.1 Å². The molecule has 0 saturated carbocycles. The van der Waals surface area contributed by atoms with E-state index in [9.17, 15) is 9.90 Å². The predicted molar refractivity (Wildman–Crippen MR) is 103 cm³/mol. The average Bonchev–Trinajstić information content (AvgIpc) is 2.69. The molecule has 4 aromatic rings. The monoisotopic (exact) mass is 340 g/mol. The zero-order valence-electron chi connectivity index (χ0n) is 13.9. The molecule has 0 aliphatic rings. The molecule has 0 atom stereocenters. The van der Waals surface area contributed by atoms with E-state index in [1.165, 1.54) is 0 Å². The fourth-order valence-corrected chi connectivity index (χ4v) is 2.90. The van der Waals surface area contributed by atoms with Gasteiger partial charge in [0.25, 0.3) is 5.91 Å². The van der Waals surface area contributed by atoms with Gasteiger partial charge in [-0.3, -0.25) is 9.78 Å². The molecule has 2 N–H and O–H groups in total. The Morgan fingerprint density at radius 3 is 2.54 bits per heavy atom. The summed E-state index contributed by atoms with van der Waals surface area (Å²) in [5.41, 5.74) is 3.55. The number of aromatic hydroxyl groups is 1. The van der Waals surface area contributed by atoms with Gasteiger partial charge in [-0.25, -0.2) is 0 Å². The number of nitrogens with one attached hydrogen (secondary N) is 1. The Balaban J connectivity index is 1.69. The number of hydrogen-bond acceptors (Lipinski definition) is 3. The third-order valence-electron chi connectivity index (χ3n) is 4.17. The van der Waals surface area contributed by atoms with Crippen molar-refractivity contribution in [3.8, 4) is 16.9 Å². The van der Waals surface area contributed by atoms with Gasteiger partial charge in [-0.2, -0.15) is 0 Å². The van der Waals surface area contributed by atoms with Crippen LogP contribution >= 0.6 is 0 Å². The van der Waals surface area contributed by atoms with Gasteiger partial charge < -0.3 is 10.4 Å². The van der Waals surface area contributed by atoms with E-state index in [1.54, 1.807) is 18.3 Å². The molecule has 1 aromatic heterocycles. The lowest BCUT2D eigenvalue weighted by atomic mass is 10.0. The van der Waals surface area contributed by atoms with Crippen molar-refractivity contribution in [2.24, 2.45) is 0 Å². The van der Waals surface area contributed by atoms with Gasteiger partial charge >= 0.3 is 0 Å². The zero-order chi connectivity index (χ0) is 17.9. The highest BCUT2D eigenvalue weighted by Crippen LogP contribution is 2.30. The van der Waals surface area contributed by atoms with Crippen LogP contribution in [0.25, 0.3) is 22.0 Å². The number of benzene rings is 3. The highest BCUT2D eigenvalue weighted by atomic mass is 16.3. The highest BCUT2D eigenvalue weighted by Gasteiger charge is 2.10. The molecule has 0 aliphatic heterocycles. The van der Waals surface area contributed by atoms with Crippen molar-refractivity contribution in [2.75, 3.05) is 5.32 Å². The number of rotatable bonds is 3. The van der Waals surface area contributed by atoms with Gasteiger partial charge in [-0.1, -0.05) is 36.4 Å². The van der Waals surface area contributed by atoms with Crippen LogP contribution < -0.4 is 5.32 Å². The van der Waals surface area contributed by atoms with Crippen LogP contribution in [0.2, 0.25) is 0 Å². The van der Waals surface area contributed by atoms with E-state index in [0.717, 1.165) is 22.2 Å². The number of carbonyl (C=O) groups excluding carboxylic acids is 1. The summed E-state index contributed by atoms with van der Waals surface area (Å²) in [5.74, 6) is -0.0537. The normalized spacial score (nSPS) is 10.6. The molecule has 4 nitrogen and oxygen atoms in total. The molecule has 26 heavy (non-hydrogen) atoms. The topological polar surface area (TPSA) is 62.2 Å². The number of aromatic nitrogens is 1. The fraction of sp³-hybridized carbons (Fsp3) is 0. The summed E-state index contributed by atoms with van der Waals surface area (Å²) < 4.78 is 0. The van der Waals surface area contributed by atoms with E-state index in [2.05, 4.69) is 10.3 Å². The van der Waals surface area contributed by atoms with E-state index < -0.39 is 0 Å². The molecule has 4 rings (SSSR count). The smallest absolute Gasteiger partial charge is 0.255 e. The molecule has 126 valence electrons. The number of phenols is 1. The molecular weight excluding hydrogens is 324 g/mol. The fourth-order valence-electron chi connectivity index (χ4n) is 2.90. The Labute approximate surface area is 150 Å². The van der Waals surface area contributed by atoms with E-state index >= 15 is 0 Å². The first-order valence-corrected chi connectivity index (χ1v) is 8.25. The first-order valence-electron chi connectivity index (χ1n) is 8.25. The summed E-state index contributed by atoms with van der Waals surface area (Å²) in [6, 6.07) is 24.0. The predicted octanol–water partition coefficient (Wildman–Crippen LogP) is 4.86. The van der Waals surface area contributed by atoms with Crippen LogP contribution in [0.15, 0.2) is 85.1 Å². The number of pyridine rings is 1. The van der Waals surface area contributed by atoms with E-state index in [1.807, 2.05) is 66.7 Å². The molecule has 3 aromatic carbocycles. The lowest BCUT2D eigenvalue weighted by Gasteiger charge is -2.09. The summed E-state index contributed by atoms with van der Waals surface area (Å²) in [4.78, 5) is 16.7. The first kappa shape index (κ1) is 15.8. The molecular formula is C22H16N2O2. The van der Waals surface area contributed by atoms with E-state index in [4.69, 9.17) is 0 Å².